The fraction of sp³-hybridized carbons (Fsp3) is 0.0588. The number of sulfone groups is 1. The van der Waals surface area contributed by atoms with Crippen LogP contribution in [0.2, 0.25) is 0 Å². The molecule has 23 heavy (non-hydrogen) atoms. The molecule has 2 heterocycles. The van der Waals surface area contributed by atoms with E-state index >= 15 is 0 Å². The van der Waals surface area contributed by atoms with E-state index in [0.717, 1.165) is 24.0 Å². The van der Waals surface area contributed by atoms with Gasteiger partial charge in [0.1, 0.15) is 5.82 Å². The van der Waals surface area contributed by atoms with Gasteiger partial charge in [0.05, 0.1) is 16.0 Å². The van der Waals surface area contributed by atoms with Crippen LogP contribution in [0.4, 0.5) is 4.39 Å². The monoisotopic (exact) mass is 328 g/mol. The summed E-state index contributed by atoms with van der Waals surface area (Å²) in [4.78, 5) is 7.65. The molecule has 4 nitrogen and oxygen atoms in total. The summed E-state index contributed by atoms with van der Waals surface area (Å²) in [6.45, 7) is 0. The lowest BCUT2D eigenvalue weighted by Crippen LogP contribution is -2.07. The van der Waals surface area contributed by atoms with Crippen molar-refractivity contribution in [2.75, 3.05) is 0 Å². The standard InChI is InChI=1S/C17H13FN2O2S/c18-15-9-16(12-20-11-15)23(21,22)17-6-2-1-5-14(17)8-13-4-3-7-19-10-13/h1-7,9-12H,8H2. The molecule has 0 radical (unpaired) electrons. The average Bonchev–Trinajstić information content (AvgIpc) is 2.56. The first kappa shape index (κ1) is 15.3. The number of pyridine rings is 2. The summed E-state index contributed by atoms with van der Waals surface area (Å²) in [5, 5.41) is 0. The smallest absolute Gasteiger partial charge is 0.208 e. The van der Waals surface area contributed by atoms with E-state index < -0.39 is 15.7 Å². The van der Waals surface area contributed by atoms with Crippen molar-refractivity contribution in [3.63, 3.8) is 0 Å². The minimum absolute atomic E-state index is 0.149. The van der Waals surface area contributed by atoms with Crippen LogP contribution in [-0.4, -0.2) is 18.4 Å². The van der Waals surface area contributed by atoms with Gasteiger partial charge in [-0.2, -0.15) is 0 Å². The third kappa shape index (κ3) is 3.27. The first-order chi connectivity index (χ1) is 11.1. The highest BCUT2D eigenvalue weighted by atomic mass is 32.2. The van der Waals surface area contributed by atoms with Crippen LogP contribution in [0, 0.1) is 5.82 Å². The molecule has 2 aromatic heterocycles. The number of aromatic nitrogens is 2. The fourth-order valence-electron chi connectivity index (χ4n) is 2.30. The van der Waals surface area contributed by atoms with E-state index in [0.29, 0.717) is 12.0 Å². The van der Waals surface area contributed by atoms with E-state index in [1.165, 1.54) is 6.07 Å². The molecule has 0 spiro atoms. The summed E-state index contributed by atoms with van der Waals surface area (Å²) >= 11 is 0. The number of nitrogens with zero attached hydrogens (tertiary/aromatic N) is 2. The third-order valence-corrected chi connectivity index (χ3v) is 5.19. The van der Waals surface area contributed by atoms with Crippen LogP contribution in [0.3, 0.4) is 0 Å². The molecule has 0 N–H and O–H groups in total. The molecule has 0 saturated carbocycles. The van der Waals surface area contributed by atoms with Gasteiger partial charge in [0.15, 0.2) is 0 Å². The minimum Gasteiger partial charge on any atom is -0.264 e. The van der Waals surface area contributed by atoms with Crippen molar-refractivity contribution in [3.05, 3.63) is 84.2 Å². The van der Waals surface area contributed by atoms with Crippen molar-refractivity contribution >= 4 is 9.84 Å². The maximum absolute atomic E-state index is 13.3. The summed E-state index contributed by atoms with van der Waals surface area (Å²) in [5.74, 6) is -0.684. The summed E-state index contributed by atoms with van der Waals surface area (Å²) in [7, 11) is -3.84. The van der Waals surface area contributed by atoms with Crippen molar-refractivity contribution in [3.8, 4) is 0 Å². The van der Waals surface area contributed by atoms with Crippen molar-refractivity contribution in [2.45, 2.75) is 16.2 Å². The molecule has 0 unspecified atom stereocenters. The topological polar surface area (TPSA) is 59.9 Å². The van der Waals surface area contributed by atoms with Crippen LogP contribution in [0.1, 0.15) is 11.1 Å². The van der Waals surface area contributed by atoms with E-state index in [1.807, 2.05) is 6.07 Å². The highest BCUT2D eigenvalue weighted by Gasteiger charge is 2.22. The van der Waals surface area contributed by atoms with Crippen molar-refractivity contribution in [1.82, 2.24) is 9.97 Å². The van der Waals surface area contributed by atoms with Gasteiger partial charge in [-0.25, -0.2) is 12.8 Å². The Morgan fingerprint density at radius 3 is 2.52 bits per heavy atom. The molecule has 0 aliphatic rings. The van der Waals surface area contributed by atoms with E-state index in [2.05, 4.69) is 9.97 Å². The third-order valence-electron chi connectivity index (χ3n) is 3.37. The summed E-state index contributed by atoms with van der Waals surface area (Å²) in [6.07, 6.45) is 5.89. The van der Waals surface area contributed by atoms with E-state index in [4.69, 9.17) is 0 Å². The normalized spacial score (nSPS) is 11.3. The lowest BCUT2D eigenvalue weighted by Gasteiger charge is -2.10. The molecule has 0 aliphatic heterocycles. The largest absolute Gasteiger partial charge is 0.264 e. The number of rotatable bonds is 4. The van der Waals surface area contributed by atoms with Crippen LogP contribution in [-0.2, 0) is 16.3 Å². The number of benzene rings is 1. The molecule has 116 valence electrons. The van der Waals surface area contributed by atoms with Crippen molar-refractivity contribution < 1.29 is 12.8 Å². The Morgan fingerprint density at radius 1 is 0.957 bits per heavy atom. The second-order valence-corrected chi connectivity index (χ2v) is 6.91. The Bertz CT molecular complexity index is 928. The van der Waals surface area contributed by atoms with Crippen LogP contribution in [0.15, 0.2) is 77.0 Å². The minimum atomic E-state index is -3.84. The molecular weight excluding hydrogens is 315 g/mol. The molecule has 3 rings (SSSR count). The van der Waals surface area contributed by atoms with Gasteiger partial charge in [-0.15, -0.1) is 0 Å². The molecular formula is C17H13FN2O2S. The summed E-state index contributed by atoms with van der Waals surface area (Å²) < 4.78 is 38.9. The van der Waals surface area contributed by atoms with Gasteiger partial charge in [0.25, 0.3) is 0 Å². The molecule has 0 bridgehead atoms. The Labute approximate surface area is 133 Å². The average molecular weight is 328 g/mol. The second-order valence-electron chi connectivity index (χ2n) is 4.99. The molecule has 0 fully saturated rings. The zero-order chi connectivity index (χ0) is 16.3. The van der Waals surface area contributed by atoms with Gasteiger partial charge >= 0.3 is 0 Å². The van der Waals surface area contributed by atoms with Crippen LogP contribution < -0.4 is 0 Å². The van der Waals surface area contributed by atoms with Crippen LogP contribution in [0.25, 0.3) is 0 Å². The predicted molar refractivity (Wildman–Crippen MR) is 83.1 cm³/mol. The van der Waals surface area contributed by atoms with Gasteiger partial charge in [0.2, 0.25) is 9.84 Å². The number of hydrogen-bond acceptors (Lipinski definition) is 4. The number of hydrogen-bond donors (Lipinski definition) is 0. The van der Waals surface area contributed by atoms with Gasteiger partial charge in [-0.3, -0.25) is 9.97 Å². The Morgan fingerprint density at radius 2 is 1.78 bits per heavy atom. The zero-order valence-corrected chi connectivity index (χ0v) is 12.9. The molecule has 6 heteroatoms. The highest BCUT2D eigenvalue weighted by Crippen LogP contribution is 2.25. The van der Waals surface area contributed by atoms with Gasteiger partial charge in [0, 0.05) is 25.0 Å². The lowest BCUT2D eigenvalue weighted by atomic mass is 10.1. The molecule has 0 saturated heterocycles. The number of halogens is 1. The Balaban J connectivity index is 2.06. The highest BCUT2D eigenvalue weighted by molar-refractivity contribution is 7.91. The SMILES string of the molecule is O=S(=O)(c1cncc(F)c1)c1ccccc1Cc1cccnc1. The lowest BCUT2D eigenvalue weighted by molar-refractivity contribution is 0.587. The summed E-state index contributed by atoms with van der Waals surface area (Å²) in [5.41, 5.74) is 1.53. The Kier molecular flexibility index (Phi) is 4.16. The van der Waals surface area contributed by atoms with Crippen molar-refractivity contribution in [1.29, 1.82) is 0 Å². The fourth-order valence-corrected chi connectivity index (χ4v) is 3.77. The van der Waals surface area contributed by atoms with E-state index in [-0.39, 0.29) is 9.79 Å². The van der Waals surface area contributed by atoms with E-state index in [1.54, 1.807) is 36.7 Å². The first-order valence-corrected chi connectivity index (χ1v) is 8.38. The Hall–Kier alpha value is -2.60. The zero-order valence-electron chi connectivity index (χ0n) is 12.1. The van der Waals surface area contributed by atoms with Gasteiger partial charge in [-0.1, -0.05) is 24.3 Å². The maximum atomic E-state index is 13.3. The van der Waals surface area contributed by atoms with Crippen LogP contribution in [0.5, 0.6) is 0 Å². The van der Waals surface area contributed by atoms with Gasteiger partial charge < -0.3 is 0 Å². The van der Waals surface area contributed by atoms with Crippen LogP contribution >= 0.6 is 0 Å². The maximum Gasteiger partial charge on any atom is 0.208 e. The first-order valence-electron chi connectivity index (χ1n) is 6.90. The molecule has 3 aromatic rings. The summed E-state index contributed by atoms with van der Waals surface area (Å²) in [6, 6.07) is 11.3. The molecule has 0 aliphatic carbocycles. The second kappa shape index (κ2) is 6.26. The van der Waals surface area contributed by atoms with Gasteiger partial charge in [-0.05, 0) is 29.3 Å². The predicted octanol–water partition coefficient (Wildman–Crippen LogP) is 3.04. The molecule has 0 amide bonds. The molecule has 0 atom stereocenters. The van der Waals surface area contributed by atoms with E-state index in [9.17, 15) is 12.8 Å². The van der Waals surface area contributed by atoms with Crippen molar-refractivity contribution in [2.24, 2.45) is 0 Å². The molecule has 1 aromatic carbocycles. The quantitative estimate of drug-likeness (QED) is 0.738.